The number of anilines is 1. The van der Waals surface area contributed by atoms with E-state index in [9.17, 15) is 13.6 Å². The number of rotatable bonds is 4. The highest BCUT2D eigenvalue weighted by atomic mass is 19.3. The smallest absolute Gasteiger partial charge is 0.333 e. The summed E-state index contributed by atoms with van der Waals surface area (Å²) in [5.74, 6) is -1.06. The van der Waals surface area contributed by atoms with Crippen LogP contribution in [0.3, 0.4) is 0 Å². The van der Waals surface area contributed by atoms with Crippen molar-refractivity contribution in [3.63, 3.8) is 0 Å². The van der Waals surface area contributed by atoms with Gasteiger partial charge in [-0.15, -0.1) is 0 Å². The molecule has 1 heterocycles. The molecule has 0 amide bonds. The second-order valence-corrected chi connectivity index (χ2v) is 2.61. The number of halogens is 2. The molecule has 0 radical (unpaired) electrons. The SMILES string of the molecule is Cc1c(NCC(=O)O)cnn1C(F)F. The van der Waals surface area contributed by atoms with Crippen LogP contribution in [0.2, 0.25) is 0 Å². The summed E-state index contributed by atoms with van der Waals surface area (Å²) in [6, 6.07) is 0. The molecule has 14 heavy (non-hydrogen) atoms. The second kappa shape index (κ2) is 4.03. The molecule has 0 unspecified atom stereocenters. The molecule has 0 fully saturated rings. The summed E-state index contributed by atoms with van der Waals surface area (Å²) in [5, 5.41) is 14.2. The number of aromatic nitrogens is 2. The minimum absolute atomic E-state index is 0.209. The fraction of sp³-hybridized carbons (Fsp3) is 0.429. The molecule has 0 atom stereocenters. The van der Waals surface area contributed by atoms with E-state index in [2.05, 4.69) is 10.4 Å². The van der Waals surface area contributed by atoms with Crippen molar-refractivity contribution in [1.82, 2.24) is 9.78 Å². The number of carboxylic acids is 1. The maximum atomic E-state index is 12.2. The minimum atomic E-state index is -2.71. The van der Waals surface area contributed by atoms with Crippen molar-refractivity contribution in [2.45, 2.75) is 13.5 Å². The molecule has 0 spiro atoms. The number of hydrogen-bond acceptors (Lipinski definition) is 3. The highest BCUT2D eigenvalue weighted by Gasteiger charge is 2.13. The van der Waals surface area contributed by atoms with Gasteiger partial charge in [0.1, 0.15) is 6.54 Å². The van der Waals surface area contributed by atoms with Gasteiger partial charge in [-0.3, -0.25) is 4.79 Å². The monoisotopic (exact) mass is 205 g/mol. The molecule has 0 saturated heterocycles. The number of hydrogen-bond donors (Lipinski definition) is 2. The molecular weight excluding hydrogens is 196 g/mol. The Kier molecular flexibility index (Phi) is 3.00. The molecule has 5 nitrogen and oxygen atoms in total. The Morgan fingerprint density at radius 3 is 2.86 bits per heavy atom. The zero-order chi connectivity index (χ0) is 10.7. The largest absolute Gasteiger partial charge is 0.480 e. The lowest BCUT2D eigenvalue weighted by molar-refractivity contribution is -0.134. The average Bonchev–Trinajstić information content (AvgIpc) is 2.43. The quantitative estimate of drug-likeness (QED) is 0.771. The molecule has 0 aromatic carbocycles. The number of carbonyl (C=O) groups is 1. The molecule has 0 bridgehead atoms. The highest BCUT2D eigenvalue weighted by molar-refractivity contribution is 5.72. The van der Waals surface area contributed by atoms with E-state index in [1.54, 1.807) is 0 Å². The molecule has 0 aliphatic rings. The fourth-order valence-electron chi connectivity index (χ4n) is 0.965. The maximum absolute atomic E-state index is 12.2. The van der Waals surface area contributed by atoms with Crippen molar-refractivity contribution < 1.29 is 18.7 Å². The van der Waals surface area contributed by atoms with Crippen LogP contribution in [0.1, 0.15) is 12.2 Å². The van der Waals surface area contributed by atoms with Gasteiger partial charge in [0, 0.05) is 0 Å². The summed E-state index contributed by atoms with van der Waals surface area (Å²) in [5.41, 5.74) is 0.508. The topological polar surface area (TPSA) is 67.2 Å². The van der Waals surface area contributed by atoms with E-state index in [-0.39, 0.29) is 12.2 Å². The van der Waals surface area contributed by atoms with Gasteiger partial charge < -0.3 is 10.4 Å². The molecule has 78 valence electrons. The zero-order valence-electron chi connectivity index (χ0n) is 7.37. The van der Waals surface area contributed by atoms with Crippen LogP contribution in [-0.2, 0) is 4.79 Å². The Morgan fingerprint density at radius 1 is 1.79 bits per heavy atom. The first-order chi connectivity index (χ1) is 6.52. The molecule has 0 aliphatic heterocycles. The van der Waals surface area contributed by atoms with Gasteiger partial charge in [-0.2, -0.15) is 13.9 Å². The molecule has 1 aromatic heterocycles. The van der Waals surface area contributed by atoms with Gasteiger partial charge >= 0.3 is 12.5 Å². The third-order valence-corrected chi connectivity index (χ3v) is 1.66. The van der Waals surface area contributed by atoms with Crippen LogP contribution in [0.4, 0.5) is 14.5 Å². The Bertz CT molecular complexity index is 338. The Morgan fingerprint density at radius 2 is 2.43 bits per heavy atom. The van der Waals surface area contributed by atoms with Crippen LogP contribution in [0.15, 0.2) is 6.20 Å². The highest BCUT2D eigenvalue weighted by Crippen LogP contribution is 2.18. The predicted molar refractivity (Wildman–Crippen MR) is 44.3 cm³/mol. The Hall–Kier alpha value is -1.66. The number of nitrogens with one attached hydrogen (secondary N) is 1. The summed E-state index contributed by atoms with van der Waals surface area (Å²) in [4.78, 5) is 10.2. The second-order valence-electron chi connectivity index (χ2n) is 2.61. The molecule has 7 heteroatoms. The van der Waals surface area contributed by atoms with Crippen LogP contribution in [-0.4, -0.2) is 27.4 Å². The lowest BCUT2D eigenvalue weighted by Gasteiger charge is -2.04. The summed E-state index contributed by atoms with van der Waals surface area (Å²) in [7, 11) is 0. The lowest BCUT2D eigenvalue weighted by Crippen LogP contribution is -2.13. The Balaban J connectivity index is 2.74. The zero-order valence-corrected chi connectivity index (χ0v) is 7.37. The number of carboxylic acid groups (broad SMARTS) is 1. The van der Waals surface area contributed by atoms with Gasteiger partial charge in [-0.05, 0) is 6.92 Å². The number of aliphatic carboxylic acids is 1. The van der Waals surface area contributed by atoms with Crippen LogP contribution >= 0.6 is 0 Å². The van der Waals surface area contributed by atoms with Gasteiger partial charge in [0.25, 0.3) is 0 Å². The summed E-state index contributed by atoms with van der Waals surface area (Å²) >= 11 is 0. The van der Waals surface area contributed by atoms with Crippen LogP contribution in [0, 0.1) is 6.92 Å². The first-order valence-corrected chi connectivity index (χ1v) is 3.80. The molecular formula is C7H9F2N3O2. The minimum Gasteiger partial charge on any atom is -0.480 e. The number of nitrogens with zero attached hydrogens (tertiary/aromatic N) is 2. The van der Waals surface area contributed by atoms with Gasteiger partial charge in [-0.1, -0.05) is 0 Å². The van der Waals surface area contributed by atoms with Crippen molar-refractivity contribution in [3.8, 4) is 0 Å². The fourth-order valence-corrected chi connectivity index (χ4v) is 0.965. The standard InChI is InChI=1S/C7H9F2N3O2/c1-4-5(10-3-6(13)14)2-11-12(4)7(8)9/h2,7,10H,3H2,1H3,(H,13,14). The first-order valence-electron chi connectivity index (χ1n) is 3.80. The third-order valence-electron chi connectivity index (χ3n) is 1.66. The van der Waals surface area contributed by atoms with Gasteiger partial charge in [0.15, 0.2) is 0 Å². The summed E-state index contributed by atoms with van der Waals surface area (Å²) in [6.45, 7) is -1.60. The van der Waals surface area contributed by atoms with Crippen molar-refractivity contribution >= 4 is 11.7 Å². The molecule has 1 aromatic rings. The van der Waals surface area contributed by atoms with Gasteiger partial charge in [0.05, 0.1) is 17.6 Å². The van der Waals surface area contributed by atoms with Crippen LogP contribution in [0.25, 0.3) is 0 Å². The normalized spacial score (nSPS) is 10.6. The van der Waals surface area contributed by atoms with E-state index < -0.39 is 12.5 Å². The number of alkyl halides is 2. The summed E-state index contributed by atoms with van der Waals surface area (Å²) < 4.78 is 24.9. The Labute approximate surface area is 78.3 Å². The molecule has 2 N–H and O–H groups in total. The van der Waals surface area contributed by atoms with Crippen molar-refractivity contribution in [1.29, 1.82) is 0 Å². The van der Waals surface area contributed by atoms with E-state index in [1.807, 2.05) is 0 Å². The van der Waals surface area contributed by atoms with Gasteiger partial charge in [-0.25, -0.2) is 4.68 Å². The third kappa shape index (κ3) is 2.18. The summed E-state index contributed by atoms with van der Waals surface area (Å²) in [6.07, 6.45) is 1.17. The first kappa shape index (κ1) is 10.4. The van der Waals surface area contributed by atoms with Crippen molar-refractivity contribution in [2.75, 3.05) is 11.9 Å². The van der Waals surface area contributed by atoms with E-state index in [1.165, 1.54) is 13.1 Å². The van der Waals surface area contributed by atoms with Crippen LogP contribution in [0.5, 0.6) is 0 Å². The van der Waals surface area contributed by atoms with Crippen molar-refractivity contribution in [3.05, 3.63) is 11.9 Å². The predicted octanol–water partition coefficient (Wildman–Crippen LogP) is 1.08. The molecule has 1 rings (SSSR count). The van der Waals surface area contributed by atoms with Gasteiger partial charge in [0.2, 0.25) is 0 Å². The van der Waals surface area contributed by atoms with E-state index >= 15 is 0 Å². The van der Waals surface area contributed by atoms with E-state index in [4.69, 9.17) is 5.11 Å². The average molecular weight is 205 g/mol. The lowest BCUT2D eigenvalue weighted by atomic mass is 10.4. The molecule has 0 aliphatic carbocycles. The van der Waals surface area contributed by atoms with E-state index in [0.717, 1.165) is 0 Å². The maximum Gasteiger partial charge on any atom is 0.333 e. The van der Waals surface area contributed by atoms with Crippen molar-refractivity contribution in [2.24, 2.45) is 0 Å². The molecule has 0 saturated carbocycles. The van der Waals surface area contributed by atoms with Crippen LogP contribution < -0.4 is 5.32 Å². The van der Waals surface area contributed by atoms with E-state index in [0.29, 0.717) is 10.4 Å².